The molecule has 0 aromatic heterocycles. The van der Waals surface area contributed by atoms with Crippen molar-refractivity contribution in [3.8, 4) is 0 Å². The highest BCUT2D eigenvalue weighted by Crippen LogP contribution is 2.42. The van der Waals surface area contributed by atoms with Gasteiger partial charge in [-0.05, 0) is 68.9 Å². The van der Waals surface area contributed by atoms with Crippen molar-refractivity contribution in [1.82, 2.24) is 0 Å². The third-order valence-electron chi connectivity index (χ3n) is 8.85. The van der Waals surface area contributed by atoms with Crippen LogP contribution in [0.15, 0.2) is 11.1 Å². The van der Waals surface area contributed by atoms with Gasteiger partial charge in [0.2, 0.25) is 0 Å². The van der Waals surface area contributed by atoms with E-state index in [1.54, 1.807) is 5.57 Å². The van der Waals surface area contributed by atoms with E-state index >= 15 is 0 Å². The third kappa shape index (κ3) is 9.57. The molecule has 1 N–H and O–H groups in total. The molecule has 6 atom stereocenters. The van der Waals surface area contributed by atoms with Crippen LogP contribution in [0.1, 0.15) is 66.2 Å². The molecule has 3 nitrogen and oxygen atoms in total. The summed E-state index contributed by atoms with van der Waals surface area (Å²) >= 11 is 0. The Hall–Kier alpha value is 0.594. The largest absolute Gasteiger partial charge is 0.387 e. The van der Waals surface area contributed by atoms with E-state index in [2.05, 4.69) is 20.8 Å². The monoisotopic (exact) mass is 487 g/mol. The lowest BCUT2D eigenvalue weighted by atomic mass is 8.46. The van der Waals surface area contributed by atoms with E-state index in [4.69, 9.17) is 71.4 Å². The van der Waals surface area contributed by atoms with Crippen molar-refractivity contribution < 1.29 is 14.6 Å². The highest BCUT2D eigenvalue weighted by atomic mass is 16.5. The molecule has 4 aliphatic rings. The average Bonchev–Trinajstić information content (AvgIpc) is 3.34. The molecule has 0 amide bonds. The van der Waals surface area contributed by atoms with E-state index in [-0.39, 0.29) is 0 Å². The third-order valence-corrected chi connectivity index (χ3v) is 8.85. The van der Waals surface area contributed by atoms with Gasteiger partial charge in [-0.3, -0.25) is 0 Å². The maximum absolute atomic E-state index is 9.95. The van der Waals surface area contributed by atoms with Crippen molar-refractivity contribution in [2.24, 2.45) is 17.8 Å². The lowest BCUT2D eigenvalue weighted by Crippen LogP contribution is -2.73. The average molecular weight is 485 g/mol. The Morgan fingerprint density at radius 3 is 2.00 bits per heavy atom. The van der Waals surface area contributed by atoms with E-state index in [9.17, 15) is 5.11 Å². The first-order valence-electron chi connectivity index (χ1n) is 14.2. The molecule has 177 valence electrons. The number of fused-ring (bicyclic) bond motifs is 2. The summed E-state index contributed by atoms with van der Waals surface area (Å²) in [6, 6.07) is 0. The molecule has 1 saturated heterocycles. The number of ether oxygens (including phenoxy) is 2. The van der Waals surface area contributed by atoms with Crippen molar-refractivity contribution in [3.05, 3.63) is 11.1 Å². The molecular formula is C20H34B15O3. The maximum atomic E-state index is 9.95. The summed E-state index contributed by atoms with van der Waals surface area (Å²) in [6.45, 7) is 10.2. The molecule has 2 aliphatic heterocycles. The van der Waals surface area contributed by atoms with Crippen molar-refractivity contribution in [2.45, 2.75) is 84.0 Å². The molecule has 2 saturated carbocycles. The predicted molar refractivity (Wildman–Crippen MR) is 179 cm³/mol. The van der Waals surface area contributed by atoms with E-state index in [1.807, 2.05) is 6.92 Å². The number of hydrogen-bond acceptors (Lipinski definition) is 3. The molecule has 4 unspecified atom stereocenters. The van der Waals surface area contributed by atoms with Crippen LogP contribution >= 0.6 is 0 Å². The van der Waals surface area contributed by atoms with E-state index in [0.29, 0.717) is 24.7 Å². The predicted octanol–water partition coefficient (Wildman–Crippen LogP) is -1.62. The molecule has 38 heavy (non-hydrogen) atoms. The van der Waals surface area contributed by atoms with Crippen molar-refractivity contribution in [3.63, 3.8) is 0 Å². The minimum absolute atomic E-state index is 0.337. The van der Waals surface area contributed by atoms with Crippen LogP contribution in [-0.4, -0.2) is 143 Å². The summed E-state index contributed by atoms with van der Waals surface area (Å²) in [7, 11) is 45.8. The number of aliphatic hydroxyl groups is 1. The lowest BCUT2D eigenvalue weighted by Gasteiger charge is -2.35. The van der Waals surface area contributed by atoms with Crippen LogP contribution in [-0.2, 0) is 9.47 Å². The van der Waals surface area contributed by atoms with Crippen LogP contribution in [0.3, 0.4) is 0 Å². The minimum Gasteiger partial charge on any atom is -0.387 e. The molecule has 2 aliphatic carbocycles. The molecule has 0 aromatic rings. The molecule has 0 spiro atoms. The van der Waals surface area contributed by atoms with Crippen LogP contribution in [0.5, 0.6) is 0 Å². The molecule has 0 bridgehead atoms. The summed E-state index contributed by atoms with van der Waals surface area (Å²) in [5.41, 5.74) is 2.56. The van der Waals surface area contributed by atoms with Gasteiger partial charge in [0.1, 0.15) is 0 Å². The maximum Gasteiger partial charge on any atom is 0.0904 e. The lowest BCUT2D eigenvalue weighted by molar-refractivity contribution is 0.0127. The van der Waals surface area contributed by atoms with E-state index in [0.717, 1.165) is 31.3 Å². The van der Waals surface area contributed by atoms with Gasteiger partial charge in [0.05, 0.1) is 31.0 Å². The molecule has 0 aromatic carbocycles. The second-order valence-electron chi connectivity index (χ2n) is 12.4. The van der Waals surface area contributed by atoms with Crippen LogP contribution in [0.25, 0.3) is 0 Å². The SMILES string of the molecule is CC1=C2CCC(C)CC2OC1.CC1CC[C@H]2[C@H](C1)OCC2(C)O.[B][B]B([B])B(B([B])[B])B(B([B])[B])B([B])[B]. The van der Waals surface area contributed by atoms with Crippen LogP contribution in [0.4, 0.5) is 0 Å². The second kappa shape index (κ2) is 15.7. The topological polar surface area (TPSA) is 38.7 Å². The quantitative estimate of drug-likeness (QED) is 0.364. The van der Waals surface area contributed by atoms with Gasteiger partial charge in [-0.15, -0.1) is 0 Å². The van der Waals surface area contributed by atoms with Crippen LogP contribution in [0.2, 0.25) is 0 Å². The standard InChI is InChI=1S/C10H18O2.C10H16O.B15/c1-7-3-4-8-9(5-7)12-6-10(8,2)11;1-7-3-4-9-8(2)6-11-10(9)5-7;1-9-13(8)15(12(6)7)14(10(2)3)11(4)5/h7-9,11H,3-6H2,1-2H3;7,10H,3-6H2,1-2H3;/t7?,8-,9-,10?;;/m0../s1. The van der Waals surface area contributed by atoms with Gasteiger partial charge in [-0.1, -0.05) is 20.3 Å². The summed E-state index contributed by atoms with van der Waals surface area (Å²) < 4.78 is 11.3. The Labute approximate surface area is 247 Å². The van der Waals surface area contributed by atoms with Crippen LogP contribution < -0.4 is 0 Å². The van der Waals surface area contributed by atoms with Crippen LogP contribution in [0, 0.1) is 17.8 Å². The fourth-order valence-electron chi connectivity index (χ4n) is 6.44. The Balaban J connectivity index is 0.000000202. The second-order valence-corrected chi connectivity index (χ2v) is 12.4. The zero-order valence-corrected chi connectivity index (χ0v) is 24.0. The highest BCUT2D eigenvalue weighted by molar-refractivity contribution is 8.12. The first-order chi connectivity index (χ1) is 17.7. The van der Waals surface area contributed by atoms with Crippen molar-refractivity contribution in [2.75, 3.05) is 13.2 Å². The smallest absolute Gasteiger partial charge is 0.0904 e. The van der Waals surface area contributed by atoms with E-state index < -0.39 is 43.9 Å². The zero-order chi connectivity index (χ0) is 28.8. The Kier molecular flexibility index (Phi) is 14.4. The first-order valence-corrected chi connectivity index (χ1v) is 14.2. The van der Waals surface area contributed by atoms with Crippen molar-refractivity contribution >= 4 is 107 Å². The first kappa shape index (κ1) is 34.8. The number of rotatable bonds is 6. The highest BCUT2D eigenvalue weighted by Gasteiger charge is 2.47. The summed E-state index contributed by atoms with van der Waals surface area (Å²) in [4.78, 5) is 0. The Bertz CT molecular complexity index is 747. The molecule has 17 radical (unpaired) electrons. The molecule has 2 heterocycles. The van der Waals surface area contributed by atoms with Gasteiger partial charge in [0.25, 0.3) is 0 Å². The van der Waals surface area contributed by atoms with Crippen molar-refractivity contribution in [1.29, 1.82) is 0 Å². The number of hydrogen-bond donors (Lipinski definition) is 1. The van der Waals surface area contributed by atoms with Gasteiger partial charge in [0, 0.05) is 113 Å². The van der Waals surface area contributed by atoms with E-state index in [1.165, 1.54) is 38.3 Å². The fraction of sp³-hybridized carbons (Fsp3) is 0.900. The van der Waals surface area contributed by atoms with Gasteiger partial charge in [-0.2, -0.15) is 0 Å². The molecule has 3 fully saturated rings. The molecule has 4 rings (SSSR count). The fourth-order valence-corrected chi connectivity index (χ4v) is 6.44. The molecule has 18 heteroatoms. The van der Waals surface area contributed by atoms with Gasteiger partial charge in [0.15, 0.2) is 0 Å². The van der Waals surface area contributed by atoms with Gasteiger partial charge in [-0.25, -0.2) is 0 Å². The molecular weight excluding hydrogens is 450 g/mol. The summed E-state index contributed by atoms with van der Waals surface area (Å²) in [6.07, 6.45) is 4.51. The Morgan fingerprint density at radius 2 is 1.45 bits per heavy atom. The minimum atomic E-state index is -0.754. The normalized spacial score (nSPS) is 31.3. The Morgan fingerprint density at radius 1 is 0.868 bits per heavy atom. The van der Waals surface area contributed by atoms with Gasteiger partial charge >= 0.3 is 0 Å². The summed E-state index contributed by atoms with van der Waals surface area (Å²) in [5.74, 6) is 2.04. The summed E-state index contributed by atoms with van der Waals surface area (Å²) in [5, 5.41) is 9.95. The zero-order valence-electron chi connectivity index (χ0n) is 24.0. The van der Waals surface area contributed by atoms with Gasteiger partial charge < -0.3 is 14.6 Å².